The molecule has 2 heterocycles. The van der Waals surface area contributed by atoms with E-state index in [0.717, 1.165) is 19.4 Å². The van der Waals surface area contributed by atoms with Gasteiger partial charge in [0.15, 0.2) is 5.96 Å². The van der Waals surface area contributed by atoms with E-state index in [1.165, 1.54) is 0 Å². The summed E-state index contributed by atoms with van der Waals surface area (Å²) in [6.07, 6.45) is 2.21. The first kappa shape index (κ1) is 13.6. The maximum Gasteiger partial charge on any atom is 0.192 e. The fraction of sp³-hybridized carbons (Fsp3) is 0.500. The van der Waals surface area contributed by atoms with Gasteiger partial charge in [-0.3, -0.25) is 4.99 Å². The lowest BCUT2D eigenvalue weighted by atomic mass is 10.0. The Hall–Kier alpha value is -1.33. The Morgan fingerprint density at radius 1 is 1.50 bits per heavy atom. The fourth-order valence-electron chi connectivity index (χ4n) is 2.80. The number of ether oxygens (including phenoxy) is 1. The third-order valence-corrected chi connectivity index (χ3v) is 4.15. The minimum absolute atomic E-state index is 0.130. The number of guanidine groups is 1. The van der Waals surface area contributed by atoms with Crippen LogP contribution in [0.25, 0.3) is 0 Å². The summed E-state index contributed by atoms with van der Waals surface area (Å²) in [6.45, 7) is 1.88. The molecule has 3 rings (SSSR count). The molecule has 2 N–H and O–H groups in total. The standard InChI is InChI=1S/C14H17ClFN3O/c15-11-5-1-4-10(13(11)16)12-7-18-14(17)19(12)8-9-3-2-6-20-9/h1,4-5,9,12H,2-3,6-8H2,(H2,17,18). The molecule has 0 radical (unpaired) electrons. The van der Waals surface area contributed by atoms with Crippen molar-refractivity contribution in [1.29, 1.82) is 0 Å². The van der Waals surface area contributed by atoms with Crippen LogP contribution in [-0.2, 0) is 4.74 Å². The molecule has 108 valence electrons. The van der Waals surface area contributed by atoms with Crippen LogP contribution in [0.4, 0.5) is 4.39 Å². The van der Waals surface area contributed by atoms with Crippen molar-refractivity contribution in [2.75, 3.05) is 19.7 Å². The van der Waals surface area contributed by atoms with Crippen LogP contribution in [0.15, 0.2) is 23.2 Å². The highest BCUT2D eigenvalue weighted by Gasteiger charge is 2.32. The van der Waals surface area contributed by atoms with Gasteiger partial charge < -0.3 is 15.4 Å². The molecular weight excluding hydrogens is 281 g/mol. The van der Waals surface area contributed by atoms with E-state index in [1.807, 2.05) is 4.90 Å². The molecule has 0 aliphatic carbocycles. The molecule has 6 heteroatoms. The van der Waals surface area contributed by atoms with Crippen LogP contribution in [0, 0.1) is 5.82 Å². The maximum atomic E-state index is 14.2. The van der Waals surface area contributed by atoms with Gasteiger partial charge in [-0.1, -0.05) is 23.7 Å². The van der Waals surface area contributed by atoms with Gasteiger partial charge in [0, 0.05) is 18.7 Å². The summed E-state index contributed by atoms with van der Waals surface area (Å²) in [7, 11) is 0. The number of rotatable bonds is 3. The summed E-state index contributed by atoms with van der Waals surface area (Å²) in [5.41, 5.74) is 6.48. The predicted octanol–water partition coefficient (Wildman–Crippen LogP) is 2.33. The van der Waals surface area contributed by atoms with Crippen molar-refractivity contribution in [3.8, 4) is 0 Å². The lowest BCUT2D eigenvalue weighted by molar-refractivity contribution is 0.0849. The van der Waals surface area contributed by atoms with Gasteiger partial charge in [-0.05, 0) is 18.9 Å². The van der Waals surface area contributed by atoms with Crippen molar-refractivity contribution in [3.05, 3.63) is 34.6 Å². The first-order valence-electron chi connectivity index (χ1n) is 6.79. The van der Waals surface area contributed by atoms with Gasteiger partial charge in [-0.15, -0.1) is 0 Å². The number of nitrogens with two attached hydrogens (primary N) is 1. The molecule has 2 unspecified atom stereocenters. The summed E-state index contributed by atoms with van der Waals surface area (Å²) < 4.78 is 19.8. The largest absolute Gasteiger partial charge is 0.376 e. The fourth-order valence-corrected chi connectivity index (χ4v) is 2.98. The minimum Gasteiger partial charge on any atom is -0.376 e. The van der Waals surface area contributed by atoms with Crippen LogP contribution < -0.4 is 5.73 Å². The molecule has 1 saturated heterocycles. The van der Waals surface area contributed by atoms with E-state index in [-0.39, 0.29) is 23.0 Å². The molecule has 1 aromatic rings. The average Bonchev–Trinajstić information content (AvgIpc) is 3.06. The van der Waals surface area contributed by atoms with E-state index >= 15 is 0 Å². The second-order valence-corrected chi connectivity index (χ2v) is 5.55. The molecule has 0 saturated carbocycles. The van der Waals surface area contributed by atoms with E-state index in [1.54, 1.807) is 18.2 Å². The van der Waals surface area contributed by atoms with E-state index in [9.17, 15) is 4.39 Å². The Kier molecular flexibility index (Phi) is 3.81. The maximum absolute atomic E-state index is 14.2. The molecule has 20 heavy (non-hydrogen) atoms. The van der Waals surface area contributed by atoms with Gasteiger partial charge in [0.1, 0.15) is 5.82 Å². The van der Waals surface area contributed by atoms with Crippen molar-refractivity contribution >= 4 is 17.6 Å². The molecular formula is C14H17ClFN3O. The predicted molar refractivity (Wildman–Crippen MR) is 76.3 cm³/mol. The number of hydrogen-bond donors (Lipinski definition) is 1. The molecule has 1 fully saturated rings. The topological polar surface area (TPSA) is 50.8 Å². The van der Waals surface area contributed by atoms with Gasteiger partial charge in [0.25, 0.3) is 0 Å². The Morgan fingerprint density at radius 3 is 3.10 bits per heavy atom. The minimum atomic E-state index is -0.388. The third kappa shape index (κ3) is 2.47. The van der Waals surface area contributed by atoms with Gasteiger partial charge in [0.05, 0.1) is 23.7 Å². The van der Waals surface area contributed by atoms with Gasteiger partial charge in [-0.2, -0.15) is 0 Å². The second-order valence-electron chi connectivity index (χ2n) is 5.15. The number of halogens is 2. The summed E-state index contributed by atoms with van der Waals surface area (Å²) >= 11 is 5.86. The van der Waals surface area contributed by atoms with E-state index in [0.29, 0.717) is 24.6 Å². The molecule has 1 aromatic carbocycles. The van der Waals surface area contributed by atoms with Crippen LogP contribution in [-0.4, -0.2) is 36.7 Å². The molecule has 2 atom stereocenters. The number of aliphatic imine (C=N–C) groups is 1. The first-order chi connectivity index (χ1) is 9.66. The average molecular weight is 298 g/mol. The molecule has 2 aliphatic rings. The van der Waals surface area contributed by atoms with Gasteiger partial charge in [-0.25, -0.2) is 4.39 Å². The monoisotopic (exact) mass is 297 g/mol. The number of hydrogen-bond acceptors (Lipinski definition) is 4. The third-order valence-electron chi connectivity index (χ3n) is 3.86. The van der Waals surface area contributed by atoms with Gasteiger partial charge in [0.2, 0.25) is 0 Å². The lowest BCUT2D eigenvalue weighted by Crippen LogP contribution is -2.41. The SMILES string of the molecule is NC1=NCC(c2cccc(Cl)c2F)N1CC1CCCO1. The molecule has 0 amide bonds. The van der Waals surface area contributed by atoms with Crippen LogP contribution in [0.3, 0.4) is 0 Å². The number of nitrogens with zero attached hydrogens (tertiary/aromatic N) is 2. The van der Waals surface area contributed by atoms with E-state index < -0.39 is 0 Å². The lowest BCUT2D eigenvalue weighted by Gasteiger charge is -2.29. The highest BCUT2D eigenvalue weighted by molar-refractivity contribution is 6.30. The summed E-state index contributed by atoms with van der Waals surface area (Å²) in [6, 6.07) is 4.84. The van der Waals surface area contributed by atoms with E-state index in [4.69, 9.17) is 22.1 Å². The zero-order valence-corrected chi connectivity index (χ0v) is 11.8. The molecule has 0 spiro atoms. The molecule has 0 aromatic heterocycles. The normalized spacial score (nSPS) is 26.1. The van der Waals surface area contributed by atoms with Crippen LogP contribution in [0.2, 0.25) is 5.02 Å². The molecule has 4 nitrogen and oxygen atoms in total. The summed E-state index contributed by atoms with van der Waals surface area (Å²) in [5.74, 6) is 0.0614. The highest BCUT2D eigenvalue weighted by atomic mass is 35.5. The summed E-state index contributed by atoms with van der Waals surface area (Å²) in [4.78, 5) is 6.16. The first-order valence-corrected chi connectivity index (χ1v) is 7.16. The quantitative estimate of drug-likeness (QED) is 0.931. The Balaban J connectivity index is 1.83. The zero-order chi connectivity index (χ0) is 14.1. The van der Waals surface area contributed by atoms with Gasteiger partial charge >= 0.3 is 0 Å². The smallest absolute Gasteiger partial charge is 0.192 e. The molecule has 0 bridgehead atoms. The second kappa shape index (κ2) is 5.58. The van der Waals surface area contributed by atoms with Crippen molar-refractivity contribution in [3.63, 3.8) is 0 Å². The van der Waals surface area contributed by atoms with Crippen molar-refractivity contribution < 1.29 is 9.13 Å². The Labute approximate surface area is 122 Å². The van der Waals surface area contributed by atoms with Crippen molar-refractivity contribution in [2.24, 2.45) is 10.7 Å². The zero-order valence-electron chi connectivity index (χ0n) is 11.1. The highest BCUT2D eigenvalue weighted by Crippen LogP contribution is 2.31. The van der Waals surface area contributed by atoms with Crippen molar-refractivity contribution in [1.82, 2.24) is 4.90 Å². The van der Waals surface area contributed by atoms with E-state index in [2.05, 4.69) is 4.99 Å². The molecule has 2 aliphatic heterocycles. The Bertz CT molecular complexity index is 531. The van der Waals surface area contributed by atoms with Crippen LogP contribution in [0.5, 0.6) is 0 Å². The van der Waals surface area contributed by atoms with Crippen LogP contribution in [0.1, 0.15) is 24.4 Å². The number of benzene rings is 1. The van der Waals surface area contributed by atoms with Crippen molar-refractivity contribution in [2.45, 2.75) is 25.0 Å². The summed E-state index contributed by atoms with van der Waals surface area (Å²) in [5, 5.41) is 0.130. The van der Waals surface area contributed by atoms with Crippen LogP contribution >= 0.6 is 11.6 Å². The Morgan fingerprint density at radius 2 is 2.35 bits per heavy atom.